The molecule has 69 valence electrons. The van der Waals surface area contributed by atoms with Crippen LogP contribution in [0.2, 0.25) is 0 Å². The molecule has 2 nitrogen and oxygen atoms in total. The third-order valence-electron chi connectivity index (χ3n) is 2.11. The lowest BCUT2D eigenvalue weighted by Gasteiger charge is -2.00. The highest BCUT2D eigenvalue weighted by Crippen LogP contribution is 2.32. The molecular formula is C11H13O2. The van der Waals surface area contributed by atoms with Crippen molar-refractivity contribution in [3.05, 3.63) is 30.2 Å². The fourth-order valence-corrected chi connectivity index (χ4v) is 1.38. The van der Waals surface area contributed by atoms with Crippen LogP contribution in [0.3, 0.4) is 0 Å². The van der Waals surface area contributed by atoms with Gasteiger partial charge in [0.15, 0.2) is 11.5 Å². The van der Waals surface area contributed by atoms with Crippen molar-refractivity contribution >= 4 is 0 Å². The second-order valence-electron chi connectivity index (χ2n) is 3.09. The van der Waals surface area contributed by atoms with E-state index < -0.39 is 0 Å². The molecule has 1 aliphatic rings. The molecule has 0 unspecified atom stereocenters. The van der Waals surface area contributed by atoms with E-state index in [9.17, 15) is 0 Å². The predicted octanol–water partition coefficient (Wildman–Crippen LogP) is 2.57. The number of fused-ring (bicyclic) bond motifs is 1. The first-order valence-electron chi connectivity index (χ1n) is 4.60. The summed E-state index contributed by atoms with van der Waals surface area (Å²) in [4.78, 5) is 0. The molecule has 0 amide bonds. The van der Waals surface area contributed by atoms with Gasteiger partial charge in [0.2, 0.25) is 6.79 Å². The third kappa shape index (κ3) is 1.77. The molecule has 0 bridgehead atoms. The van der Waals surface area contributed by atoms with Crippen molar-refractivity contribution in [2.75, 3.05) is 6.79 Å². The third-order valence-corrected chi connectivity index (χ3v) is 2.11. The molecule has 0 saturated heterocycles. The van der Waals surface area contributed by atoms with Crippen molar-refractivity contribution < 1.29 is 9.47 Å². The van der Waals surface area contributed by atoms with E-state index in [0.717, 1.165) is 24.3 Å². The molecule has 0 N–H and O–H groups in total. The summed E-state index contributed by atoms with van der Waals surface area (Å²) in [6, 6.07) is 6.11. The Morgan fingerprint density at radius 3 is 3.00 bits per heavy atom. The smallest absolute Gasteiger partial charge is 0.231 e. The van der Waals surface area contributed by atoms with Gasteiger partial charge < -0.3 is 9.47 Å². The summed E-state index contributed by atoms with van der Waals surface area (Å²) in [6.45, 7) is 2.50. The Bertz CT molecular complexity index is 294. The van der Waals surface area contributed by atoms with Crippen LogP contribution in [0, 0.1) is 6.42 Å². The summed E-state index contributed by atoms with van der Waals surface area (Å²) >= 11 is 0. The van der Waals surface area contributed by atoms with Crippen LogP contribution in [0.15, 0.2) is 18.2 Å². The van der Waals surface area contributed by atoms with Crippen LogP contribution in [-0.4, -0.2) is 6.79 Å². The van der Waals surface area contributed by atoms with E-state index in [2.05, 4.69) is 25.5 Å². The van der Waals surface area contributed by atoms with Gasteiger partial charge >= 0.3 is 0 Å². The largest absolute Gasteiger partial charge is 0.454 e. The van der Waals surface area contributed by atoms with Gasteiger partial charge in [-0.1, -0.05) is 19.4 Å². The van der Waals surface area contributed by atoms with Crippen LogP contribution in [0.25, 0.3) is 0 Å². The first-order valence-corrected chi connectivity index (χ1v) is 4.60. The topological polar surface area (TPSA) is 18.5 Å². The highest BCUT2D eigenvalue weighted by molar-refractivity contribution is 5.44. The number of ether oxygens (including phenoxy) is 2. The second kappa shape index (κ2) is 3.69. The molecule has 1 aliphatic heterocycles. The monoisotopic (exact) mass is 177 g/mol. The summed E-state index contributed by atoms with van der Waals surface area (Å²) < 4.78 is 10.5. The maximum absolute atomic E-state index is 5.28. The molecule has 0 atom stereocenters. The van der Waals surface area contributed by atoms with Gasteiger partial charge in [-0.2, -0.15) is 0 Å². The summed E-state index contributed by atoms with van der Waals surface area (Å²) in [5, 5.41) is 0. The molecule has 1 aromatic rings. The van der Waals surface area contributed by atoms with Crippen LogP contribution < -0.4 is 9.47 Å². The highest BCUT2D eigenvalue weighted by atomic mass is 16.7. The Morgan fingerprint density at radius 2 is 2.15 bits per heavy atom. The van der Waals surface area contributed by atoms with Crippen molar-refractivity contribution in [3.63, 3.8) is 0 Å². The maximum atomic E-state index is 5.28. The van der Waals surface area contributed by atoms with Crippen LogP contribution in [0.4, 0.5) is 0 Å². The van der Waals surface area contributed by atoms with Crippen molar-refractivity contribution in [3.8, 4) is 11.5 Å². The summed E-state index contributed by atoms with van der Waals surface area (Å²) in [6.07, 6.45) is 4.36. The van der Waals surface area contributed by atoms with E-state index in [0.29, 0.717) is 6.79 Å². The fourth-order valence-electron chi connectivity index (χ4n) is 1.38. The number of hydrogen-bond acceptors (Lipinski definition) is 2. The molecule has 0 fully saturated rings. The van der Waals surface area contributed by atoms with Gasteiger partial charge in [-0.3, -0.25) is 0 Å². The van der Waals surface area contributed by atoms with Gasteiger partial charge in [0.05, 0.1) is 0 Å². The van der Waals surface area contributed by atoms with E-state index in [-0.39, 0.29) is 0 Å². The Hall–Kier alpha value is -1.18. The molecule has 1 aromatic carbocycles. The molecular weight excluding hydrogens is 164 g/mol. The fraction of sp³-hybridized carbons (Fsp3) is 0.364. The molecule has 0 saturated carbocycles. The van der Waals surface area contributed by atoms with Gasteiger partial charge in [-0.25, -0.2) is 0 Å². The predicted molar refractivity (Wildman–Crippen MR) is 50.9 cm³/mol. The Balaban J connectivity index is 2.12. The van der Waals surface area contributed by atoms with E-state index in [4.69, 9.17) is 9.47 Å². The number of unbranched alkanes of at least 4 members (excludes halogenated alkanes) is 1. The zero-order chi connectivity index (χ0) is 9.10. The average Bonchev–Trinajstić information content (AvgIpc) is 2.61. The molecule has 0 aromatic heterocycles. The molecule has 0 spiro atoms. The van der Waals surface area contributed by atoms with Gasteiger partial charge in [0, 0.05) is 0 Å². The first-order chi connectivity index (χ1) is 6.40. The SMILES string of the molecule is CC[CH]Cc1ccc2c(c1)OCO2. The minimum Gasteiger partial charge on any atom is -0.454 e. The van der Waals surface area contributed by atoms with Crippen LogP contribution in [0.5, 0.6) is 11.5 Å². The van der Waals surface area contributed by atoms with Crippen molar-refractivity contribution in [1.82, 2.24) is 0 Å². The number of hydrogen-bond donors (Lipinski definition) is 0. The maximum Gasteiger partial charge on any atom is 0.231 e. The molecule has 13 heavy (non-hydrogen) atoms. The van der Waals surface area contributed by atoms with E-state index in [1.807, 2.05) is 6.07 Å². The zero-order valence-corrected chi connectivity index (χ0v) is 7.75. The quantitative estimate of drug-likeness (QED) is 0.706. The van der Waals surface area contributed by atoms with Gasteiger partial charge in [-0.15, -0.1) is 0 Å². The van der Waals surface area contributed by atoms with Crippen molar-refractivity contribution in [1.29, 1.82) is 0 Å². The Morgan fingerprint density at radius 1 is 1.31 bits per heavy atom. The van der Waals surface area contributed by atoms with Crippen LogP contribution in [-0.2, 0) is 6.42 Å². The van der Waals surface area contributed by atoms with E-state index in [1.165, 1.54) is 5.56 Å². The average molecular weight is 177 g/mol. The standard InChI is InChI=1S/C11H13O2/c1-2-3-4-9-5-6-10-11(7-9)13-8-12-10/h3,5-7H,2,4,8H2,1H3. The highest BCUT2D eigenvalue weighted by Gasteiger charge is 2.12. The van der Waals surface area contributed by atoms with Gasteiger partial charge in [0.25, 0.3) is 0 Å². The molecule has 0 aliphatic carbocycles. The second-order valence-corrected chi connectivity index (χ2v) is 3.09. The van der Waals surface area contributed by atoms with Gasteiger partial charge in [-0.05, 0) is 30.5 Å². The lowest BCUT2D eigenvalue weighted by Crippen LogP contribution is -1.92. The molecule has 2 heteroatoms. The lowest BCUT2D eigenvalue weighted by atomic mass is 10.1. The minimum absolute atomic E-state index is 0.357. The normalized spacial score (nSPS) is 13.3. The minimum atomic E-state index is 0.357. The summed E-state index contributed by atoms with van der Waals surface area (Å²) in [5.41, 5.74) is 1.28. The van der Waals surface area contributed by atoms with E-state index in [1.54, 1.807) is 0 Å². The van der Waals surface area contributed by atoms with Crippen molar-refractivity contribution in [2.45, 2.75) is 19.8 Å². The number of rotatable bonds is 3. The Labute approximate surface area is 78.5 Å². The van der Waals surface area contributed by atoms with Crippen LogP contribution >= 0.6 is 0 Å². The summed E-state index contributed by atoms with van der Waals surface area (Å²) in [7, 11) is 0. The summed E-state index contributed by atoms with van der Waals surface area (Å²) in [5.74, 6) is 1.74. The molecule has 1 radical (unpaired) electrons. The number of benzene rings is 1. The first kappa shape index (κ1) is 8.42. The van der Waals surface area contributed by atoms with Crippen molar-refractivity contribution in [2.24, 2.45) is 0 Å². The Kier molecular flexibility index (Phi) is 2.39. The van der Waals surface area contributed by atoms with Crippen LogP contribution in [0.1, 0.15) is 18.9 Å². The molecule has 1 heterocycles. The van der Waals surface area contributed by atoms with Gasteiger partial charge in [0.1, 0.15) is 0 Å². The molecule has 2 rings (SSSR count). The van der Waals surface area contributed by atoms with E-state index >= 15 is 0 Å². The zero-order valence-electron chi connectivity index (χ0n) is 7.75. The lowest BCUT2D eigenvalue weighted by molar-refractivity contribution is 0.174.